The standard InChI is InChI=1S/C20H17N3O4S/c1-3-15(27-19(25)12-5-7-13-16(9-12)26-10-21-13)18(24)23-20-22-14-6-4-11(2)8-17(14)28-20/h4-10,15H,3H2,1-2H3,(H,22,23,24). The van der Waals surface area contributed by atoms with Gasteiger partial charge in [0.2, 0.25) is 0 Å². The number of ether oxygens (including phenoxy) is 1. The van der Waals surface area contributed by atoms with E-state index in [4.69, 9.17) is 9.15 Å². The van der Waals surface area contributed by atoms with Crippen molar-refractivity contribution in [2.75, 3.05) is 5.32 Å². The van der Waals surface area contributed by atoms with Gasteiger partial charge in [-0.15, -0.1) is 0 Å². The number of esters is 1. The Labute approximate surface area is 164 Å². The van der Waals surface area contributed by atoms with Crippen LogP contribution in [-0.4, -0.2) is 27.9 Å². The van der Waals surface area contributed by atoms with Crippen molar-refractivity contribution in [2.24, 2.45) is 0 Å². The molecule has 4 rings (SSSR count). The summed E-state index contributed by atoms with van der Waals surface area (Å²) in [5, 5.41) is 3.22. The summed E-state index contributed by atoms with van der Waals surface area (Å²) in [5.74, 6) is -1.01. The maximum atomic E-state index is 12.6. The van der Waals surface area contributed by atoms with Crippen molar-refractivity contribution in [1.29, 1.82) is 0 Å². The first-order valence-electron chi connectivity index (χ1n) is 8.76. The smallest absolute Gasteiger partial charge is 0.339 e. The zero-order chi connectivity index (χ0) is 19.7. The number of thiazole rings is 1. The lowest BCUT2D eigenvalue weighted by atomic mass is 10.2. The van der Waals surface area contributed by atoms with Crippen LogP contribution in [0.25, 0.3) is 21.3 Å². The Morgan fingerprint density at radius 3 is 2.86 bits per heavy atom. The fourth-order valence-corrected chi connectivity index (χ4v) is 3.74. The summed E-state index contributed by atoms with van der Waals surface area (Å²) in [7, 11) is 0. The summed E-state index contributed by atoms with van der Waals surface area (Å²) >= 11 is 1.38. The van der Waals surface area contributed by atoms with Crippen LogP contribution in [-0.2, 0) is 9.53 Å². The SMILES string of the molecule is CCC(OC(=O)c1ccc2ncoc2c1)C(=O)Nc1nc2ccc(C)cc2s1. The first kappa shape index (κ1) is 18.1. The molecule has 1 atom stereocenters. The molecule has 1 unspecified atom stereocenters. The number of benzene rings is 2. The van der Waals surface area contributed by atoms with E-state index in [0.29, 0.717) is 28.2 Å². The summed E-state index contributed by atoms with van der Waals surface area (Å²) in [5.41, 5.74) is 3.37. The molecule has 2 heterocycles. The first-order chi connectivity index (χ1) is 13.5. The molecule has 8 heteroatoms. The molecule has 2 aromatic heterocycles. The number of aromatic nitrogens is 2. The monoisotopic (exact) mass is 395 g/mol. The molecule has 0 fully saturated rings. The number of hydrogen-bond donors (Lipinski definition) is 1. The molecular formula is C20H17N3O4S. The van der Waals surface area contributed by atoms with E-state index in [1.807, 2.05) is 25.1 Å². The van der Waals surface area contributed by atoms with Crippen LogP contribution in [0.2, 0.25) is 0 Å². The highest BCUT2D eigenvalue weighted by molar-refractivity contribution is 7.22. The van der Waals surface area contributed by atoms with E-state index in [9.17, 15) is 9.59 Å². The van der Waals surface area contributed by atoms with E-state index in [1.165, 1.54) is 17.7 Å². The van der Waals surface area contributed by atoms with Gasteiger partial charge in [-0.3, -0.25) is 10.1 Å². The molecule has 0 radical (unpaired) electrons. The van der Waals surface area contributed by atoms with E-state index in [1.54, 1.807) is 25.1 Å². The highest BCUT2D eigenvalue weighted by Crippen LogP contribution is 2.27. The third-order valence-corrected chi connectivity index (χ3v) is 5.19. The number of carbonyl (C=O) groups is 2. The summed E-state index contributed by atoms with van der Waals surface area (Å²) in [6.07, 6.45) is 0.722. The normalized spacial score (nSPS) is 12.2. The molecule has 0 aliphatic carbocycles. The van der Waals surface area contributed by atoms with Crippen molar-refractivity contribution in [2.45, 2.75) is 26.4 Å². The lowest BCUT2D eigenvalue weighted by molar-refractivity contribution is -0.124. The molecule has 0 aliphatic heterocycles. The second-order valence-corrected chi connectivity index (χ2v) is 7.35. The largest absolute Gasteiger partial charge is 0.449 e. The van der Waals surface area contributed by atoms with Crippen LogP contribution in [0.1, 0.15) is 29.3 Å². The van der Waals surface area contributed by atoms with Crippen LogP contribution in [0.5, 0.6) is 0 Å². The van der Waals surface area contributed by atoms with E-state index >= 15 is 0 Å². The maximum Gasteiger partial charge on any atom is 0.339 e. The molecule has 1 amide bonds. The van der Waals surface area contributed by atoms with Crippen LogP contribution >= 0.6 is 11.3 Å². The number of anilines is 1. The molecule has 1 N–H and O–H groups in total. The second-order valence-electron chi connectivity index (χ2n) is 6.32. The minimum atomic E-state index is -0.924. The van der Waals surface area contributed by atoms with Gasteiger partial charge in [0.25, 0.3) is 5.91 Å². The number of nitrogens with zero attached hydrogens (tertiary/aromatic N) is 2. The van der Waals surface area contributed by atoms with Crippen molar-refractivity contribution in [3.63, 3.8) is 0 Å². The van der Waals surface area contributed by atoms with Crippen LogP contribution in [0.3, 0.4) is 0 Å². The molecule has 0 spiro atoms. The average molecular weight is 395 g/mol. The molecule has 4 aromatic rings. The number of oxazole rings is 1. The Morgan fingerprint density at radius 2 is 2.04 bits per heavy atom. The summed E-state index contributed by atoms with van der Waals surface area (Å²) in [6.45, 7) is 3.78. The Hall–Kier alpha value is -3.26. The molecule has 0 aliphatic rings. The Bertz CT molecular complexity index is 1180. The number of amides is 1. The molecule has 0 saturated carbocycles. The topological polar surface area (TPSA) is 94.3 Å². The Morgan fingerprint density at radius 1 is 1.21 bits per heavy atom. The molecular weight excluding hydrogens is 378 g/mol. The lowest BCUT2D eigenvalue weighted by Gasteiger charge is -2.15. The fraction of sp³-hybridized carbons (Fsp3) is 0.200. The average Bonchev–Trinajstić information content (AvgIpc) is 3.30. The van der Waals surface area contributed by atoms with Crippen LogP contribution < -0.4 is 5.32 Å². The third kappa shape index (κ3) is 3.59. The van der Waals surface area contributed by atoms with Crippen LogP contribution in [0.4, 0.5) is 5.13 Å². The number of carbonyl (C=O) groups excluding carboxylic acids is 2. The van der Waals surface area contributed by atoms with Crippen molar-refractivity contribution < 1.29 is 18.7 Å². The van der Waals surface area contributed by atoms with Gasteiger partial charge in [0.05, 0.1) is 15.8 Å². The zero-order valence-electron chi connectivity index (χ0n) is 15.3. The number of nitrogens with one attached hydrogen (secondary N) is 1. The van der Waals surface area contributed by atoms with Gasteiger partial charge in [-0.1, -0.05) is 24.3 Å². The molecule has 2 aromatic carbocycles. The van der Waals surface area contributed by atoms with Gasteiger partial charge in [0, 0.05) is 0 Å². The minimum absolute atomic E-state index is 0.297. The quantitative estimate of drug-likeness (QED) is 0.506. The van der Waals surface area contributed by atoms with Crippen molar-refractivity contribution >= 4 is 49.7 Å². The first-order valence-corrected chi connectivity index (χ1v) is 9.57. The van der Waals surface area contributed by atoms with Crippen LogP contribution in [0, 0.1) is 6.92 Å². The highest BCUT2D eigenvalue weighted by atomic mass is 32.1. The van der Waals surface area contributed by atoms with Gasteiger partial charge in [0.1, 0.15) is 5.52 Å². The number of aryl methyl sites for hydroxylation is 1. The van der Waals surface area contributed by atoms with E-state index in [0.717, 1.165) is 15.8 Å². The Kier molecular flexibility index (Phi) is 4.79. The van der Waals surface area contributed by atoms with Gasteiger partial charge >= 0.3 is 5.97 Å². The van der Waals surface area contributed by atoms with E-state index in [-0.39, 0.29) is 0 Å². The van der Waals surface area contributed by atoms with Crippen molar-refractivity contribution in [3.8, 4) is 0 Å². The van der Waals surface area contributed by atoms with Crippen molar-refractivity contribution in [3.05, 3.63) is 53.9 Å². The minimum Gasteiger partial charge on any atom is -0.449 e. The number of fused-ring (bicyclic) bond motifs is 2. The number of rotatable bonds is 5. The fourth-order valence-electron chi connectivity index (χ4n) is 2.77. The molecule has 0 bridgehead atoms. The van der Waals surface area contributed by atoms with E-state index in [2.05, 4.69) is 15.3 Å². The van der Waals surface area contributed by atoms with Gasteiger partial charge in [-0.05, 0) is 49.2 Å². The van der Waals surface area contributed by atoms with Gasteiger partial charge in [0.15, 0.2) is 23.2 Å². The molecule has 142 valence electrons. The van der Waals surface area contributed by atoms with Gasteiger partial charge < -0.3 is 9.15 Å². The van der Waals surface area contributed by atoms with Crippen molar-refractivity contribution in [1.82, 2.24) is 9.97 Å². The summed E-state index contributed by atoms with van der Waals surface area (Å²) < 4.78 is 11.6. The second kappa shape index (κ2) is 7.40. The predicted octanol–water partition coefficient (Wildman–Crippen LogP) is 4.32. The number of hydrogen-bond acceptors (Lipinski definition) is 7. The van der Waals surface area contributed by atoms with Gasteiger partial charge in [-0.2, -0.15) is 0 Å². The molecule has 28 heavy (non-hydrogen) atoms. The maximum absolute atomic E-state index is 12.6. The lowest BCUT2D eigenvalue weighted by Crippen LogP contribution is -2.32. The molecule has 0 saturated heterocycles. The molecule has 7 nitrogen and oxygen atoms in total. The highest BCUT2D eigenvalue weighted by Gasteiger charge is 2.23. The summed E-state index contributed by atoms with van der Waals surface area (Å²) in [4.78, 5) is 33.4. The predicted molar refractivity (Wildman–Crippen MR) is 106 cm³/mol. The third-order valence-electron chi connectivity index (χ3n) is 4.25. The Balaban J connectivity index is 1.47. The van der Waals surface area contributed by atoms with Crippen LogP contribution in [0.15, 0.2) is 47.2 Å². The van der Waals surface area contributed by atoms with E-state index < -0.39 is 18.0 Å². The van der Waals surface area contributed by atoms with Gasteiger partial charge in [-0.25, -0.2) is 14.8 Å². The zero-order valence-corrected chi connectivity index (χ0v) is 16.1. The summed E-state index contributed by atoms with van der Waals surface area (Å²) in [6, 6.07) is 10.7.